The summed E-state index contributed by atoms with van der Waals surface area (Å²) in [6.07, 6.45) is 1.82. The van der Waals surface area contributed by atoms with Crippen molar-refractivity contribution in [3.05, 3.63) is 59.4 Å². The van der Waals surface area contributed by atoms with Gasteiger partial charge in [-0.3, -0.25) is 4.98 Å². The summed E-state index contributed by atoms with van der Waals surface area (Å²) in [6, 6.07) is 12.2. The molecule has 1 aromatic heterocycles. The molecule has 0 fully saturated rings. The van der Waals surface area contributed by atoms with Gasteiger partial charge >= 0.3 is 0 Å². The second-order valence-electron chi connectivity index (χ2n) is 4.20. The molecule has 3 heteroatoms. The zero-order chi connectivity index (χ0) is 13.0. The average molecular weight is 242 g/mol. The van der Waals surface area contributed by atoms with Gasteiger partial charge in [-0.2, -0.15) is 0 Å². The minimum absolute atomic E-state index is 0.108. The van der Waals surface area contributed by atoms with Gasteiger partial charge in [0.1, 0.15) is 5.75 Å². The van der Waals surface area contributed by atoms with Gasteiger partial charge in [0.25, 0.3) is 0 Å². The second-order valence-corrected chi connectivity index (χ2v) is 4.20. The predicted octanol–water partition coefficient (Wildman–Crippen LogP) is 2.71. The SMILES string of the molecule is CNC(c1ccccn1)c1ccc(OC)cc1C. The average Bonchev–Trinajstić information content (AvgIpc) is 2.42. The van der Waals surface area contributed by atoms with Crippen LogP contribution in [-0.2, 0) is 0 Å². The summed E-state index contributed by atoms with van der Waals surface area (Å²) >= 11 is 0. The zero-order valence-electron chi connectivity index (χ0n) is 11.0. The molecule has 0 aliphatic heterocycles. The molecule has 0 aliphatic rings. The largest absolute Gasteiger partial charge is 0.497 e. The Morgan fingerprint density at radius 1 is 1.22 bits per heavy atom. The number of aryl methyl sites for hydroxylation is 1. The van der Waals surface area contributed by atoms with Gasteiger partial charge < -0.3 is 10.1 Å². The number of nitrogens with one attached hydrogen (secondary N) is 1. The van der Waals surface area contributed by atoms with E-state index < -0.39 is 0 Å². The maximum Gasteiger partial charge on any atom is 0.119 e. The van der Waals surface area contributed by atoms with Crippen molar-refractivity contribution in [2.45, 2.75) is 13.0 Å². The van der Waals surface area contributed by atoms with Crippen LogP contribution in [0.25, 0.3) is 0 Å². The first kappa shape index (κ1) is 12.6. The van der Waals surface area contributed by atoms with Crippen LogP contribution < -0.4 is 10.1 Å². The molecule has 18 heavy (non-hydrogen) atoms. The number of nitrogens with zero attached hydrogens (tertiary/aromatic N) is 1. The third kappa shape index (κ3) is 2.51. The number of methoxy groups -OCH3 is 1. The molecule has 0 saturated carbocycles. The molecular formula is C15H18N2O. The fourth-order valence-electron chi connectivity index (χ4n) is 2.11. The van der Waals surface area contributed by atoms with Crippen LogP contribution in [0.15, 0.2) is 42.6 Å². The summed E-state index contributed by atoms with van der Waals surface area (Å²) in [7, 11) is 3.63. The third-order valence-corrected chi connectivity index (χ3v) is 3.06. The highest BCUT2D eigenvalue weighted by atomic mass is 16.5. The molecule has 0 spiro atoms. The van der Waals surface area contributed by atoms with Crippen molar-refractivity contribution in [3.8, 4) is 5.75 Å². The Kier molecular flexibility index (Phi) is 3.95. The Hall–Kier alpha value is -1.87. The van der Waals surface area contributed by atoms with Crippen molar-refractivity contribution in [2.24, 2.45) is 0 Å². The van der Waals surface area contributed by atoms with E-state index in [0.717, 1.165) is 11.4 Å². The molecule has 0 saturated heterocycles. The van der Waals surface area contributed by atoms with E-state index >= 15 is 0 Å². The molecule has 3 nitrogen and oxygen atoms in total. The van der Waals surface area contributed by atoms with Crippen LogP contribution in [0.3, 0.4) is 0 Å². The van der Waals surface area contributed by atoms with Gasteiger partial charge in [-0.05, 0) is 49.4 Å². The van der Waals surface area contributed by atoms with Crippen molar-refractivity contribution >= 4 is 0 Å². The predicted molar refractivity (Wildman–Crippen MR) is 72.9 cm³/mol. The molecule has 2 rings (SSSR count). The van der Waals surface area contributed by atoms with Crippen LogP contribution in [0.4, 0.5) is 0 Å². The van der Waals surface area contributed by atoms with Crippen LogP contribution in [0.5, 0.6) is 5.75 Å². The van der Waals surface area contributed by atoms with Gasteiger partial charge in [0.05, 0.1) is 18.8 Å². The number of rotatable bonds is 4. The molecule has 2 aromatic rings. The van der Waals surface area contributed by atoms with E-state index in [2.05, 4.69) is 23.3 Å². The van der Waals surface area contributed by atoms with Gasteiger partial charge in [-0.1, -0.05) is 12.1 Å². The molecule has 1 heterocycles. The van der Waals surface area contributed by atoms with Crippen LogP contribution in [-0.4, -0.2) is 19.1 Å². The van der Waals surface area contributed by atoms with Crippen LogP contribution in [0, 0.1) is 6.92 Å². The molecule has 1 N–H and O–H groups in total. The summed E-state index contributed by atoms with van der Waals surface area (Å²) in [4.78, 5) is 4.42. The van der Waals surface area contributed by atoms with Gasteiger partial charge in [-0.25, -0.2) is 0 Å². The minimum atomic E-state index is 0.108. The Balaban J connectivity index is 2.39. The molecule has 1 unspecified atom stereocenters. The zero-order valence-corrected chi connectivity index (χ0v) is 11.0. The van der Waals surface area contributed by atoms with Gasteiger partial charge in [-0.15, -0.1) is 0 Å². The minimum Gasteiger partial charge on any atom is -0.497 e. The summed E-state index contributed by atoms with van der Waals surface area (Å²) in [5.41, 5.74) is 3.43. The van der Waals surface area contributed by atoms with Crippen LogP contribution in [0.2, 0.25) is 0 Å². The van der Waals surface area contributed by atoms with Crippen molar-refractivity contribution in [1.82, 2.24) is 10.3 Å². The lowest BCUT2D eigenvalue weighted by molar-refractivity contribution is 0.414. The summed E-state index contributed by atoms with van der Waals surface area (Å²) in [6.45, 7) is 2.09. The highest BCUT2D eigenvalue weighted by Gasteiger charge is 2.15. The van der Waals surface area contributed by atoms with Gasteiger partial charge in [0.2, 0.25) is 0 Å². The van der Waals surface area contributed by atoms with E-state index in [1.807, 2.05) is 43.6 Å². The van der Waals surface area contributed by atoms with E-state index in [1.54, 1.807) is 7.11 Å². The maximum absolute atomic E-state index is 5.23. The standard InChI is InChI=1S/C15H18N2O/c1-11-10-12(18-3)7-8-13(11)15(16-2)14-6-4-5-9-17-14/h4-10,15-16H,1-3H3. The molecule has 0 aliphatic carbocycles. The van der Waals surface area contributed by atoms with E-state index in [-0.39, 0.29) is 6.04 Å². The Morgan fingerprint density at radius 2 is 2.06 bits per heavy atom. The maximum atomic E-state index is 5.23. The first-order valence-corrected chi connectivity index (χ1v) is 5.99. The second kappa shape index (κ2) is 5.65. The lowest BCUT2D eigenvalue weighted by Gasteiger charge is -2.18. The lowest BCUT2D eigenvalue weighted by atomic mass is 9.98. The monoisotopic (exact) mass is 242 g/mol. The molecule has 1 atom stereocenters. The van der Waals surface area contributed by atoms with Crippen LogP contribution in [0.1, 0.15) is 22.9 Å². The number of hydrogen-bond donors (Lipinski definition) is 1. The third-order valence-electron chi connectivity index (χ3n) is 3.06. The number of hydrogen-bond acceptors (Lipinski definition) is 3. The van der Waals surface area contributed by atoms with Crippen molar-refractivity contribution in [1.29, 1.82) is 0 Å². The number of benzene rings is 1. The highest BCUT2D eigenvalue weighted by molar-refractivity contribution is 5.39. The Morgan fingerprint density at radius 3 is 2.61 bits per heavy atom. The summed E-state index contributed by atoms with van der Waals surface area (Å²) < 4.78 is 5.23. The fourth-order valence-corrected chi connectivity index (χ4v) is 2.11. The number of aromatic nitrogens is 1. The molecule has 0 bridgehead atoms. The van der Waals surface area contributed by atoms with E-state index in [1.165, 1.54) is 11.1 Å². The fraction of sp³-hybridized carbons (Fsp3) is 0.267. The first-order valence-electron chi connectivity index (χ1n) is 5.99. The van der Waals surface area contributed by atoms with Crippen molar-refractivity contribution in [3.63, 3.8) is 0 Å². The van der Waals surface area contributed by atoms with Crippen molar-refractivity contribution in [2.75, 3.05) is 14.2 Å². The smallest absolute Gasteiger partial charge is 0.119 e. The normalized spacial score (nSPS) is 12.2. The first-order chi connectivity index (χ1) is 8.76. The highest BCUT2D eigenvalue weighted by Crippen LogP contribution is 2.26. The summed E-state index contributed by atoms with van der Waals surface area (Å²) in [5, 5.41) is 3.31. The molecule has 0 radical (unpaired) electrons. The van der Waals surface area contributed by atoms with Gasteiger partial charge in [0, 0.05) is 6.20 Å². The van der Waals surface area contributed by atoms with Crippen LogP contribution >= 0.6 is 0 Å². The number of ether oxygens (including phenoxy) is 1. The topological polar surface area (TPSA) is 34.2 Å². The molecular weight excluding hydrogens is 224 g/mol. The molecule has 1 aromatic carbocycles. The number of pyridine rings is 1. The molecule has 94 valence electrons. The van der Waals surface area contributed by atoms with E-state index in [0.29, 0.717) is 0 Å². The Bertz CT molecular complexity index is 511. The molecule has 0 amide bonds. The Labute approximate surface area is 108 Å². The lowest BCUT2D eigenvalue weighted by Crippen LogP contribution is -2.19. The van der Waals surface area contributed by atoms with E-state index in [9.17, 15) is 0 Å². The van der Waals surface area contributed by atoms with Crippen molar-refractivity contribution < 1.29 is 4.74 Å². The summed E-state index contributed by atoms with van der Waals surface area (Å²) in [5.74, 6) is 0.882. The van der Waals surface area contributed by atoms with Gasteiger partial charge in [0.15, 0.2) is 0 Å². The van der Waals surface area contributed by atoms with E-state index in [4.69, 9.17) is 4.74 Å². The quantitative estimate of drug-likeness (QED) is 0.895.